The van der Waals surface area contributed by atoms with E-state index in [2.05, 4.69) is 4.98 Å². The van der Waals surface area contributed by atoms with Gasteiger partial charge in [0.2, 0.25) is 0 Å². The molecule has 5 heteroatoms. The van der Waals surface area contributed by atoms with Crippen LogP contribution < -0.4 is 5.56 Å². The van der Waals surface area contributed by atoms with Crippen LogP contribution in [0.5, 0.6) is 0 Å². The van der Waals surface area contributed by atoms with Gasteiger partial charge >= 0.3 is 0 Å². The van der Waals surface area contributed by atoms with Crippen LogP contribution in [0.2, 0.25) is 0 Å². The third-order valence-corrected chi connectivity index (χ3v) is 4.70. The summed E-state index contributed by atoms with van der Waals surface area (Å²) in [7, 11) is 0. The van der Waals surface area contributed by atoms with E-state index in [4.69, 9.17) is 4.74 Å². The zero-order valence-electron chi connectivity index (χ0n) is 10.6. The molecule has 0 spiro atoms. The molecule has 4 nitrogen and oxygen atoms in total. The Morgan fingerprint density at radius 2 is 2.39 bits per heavy atom. The van der Waals surface area contributed by atoms with E-state index in [9.17, 15) is 4.79 Å². The largest absolute Gasteiger partial charge is 0.376 e. The summed E-state index contributed by atoms with van der Waals surface area (Å²) in [4.78, 5) is 18.8. The second-order valence-corrected chi connectivity index (χ2v) is 6.00. The van der Waals surface area contributed by atoms with Crippen LogP contribution in [-0.2, 0) is 11.3 Å². The smallest absolute Gasteiger partial charge is 0.262 e. The Bertz CT molecular complexity index is 638. The van der Waals surface area contributed by atoms with Gasteiger partial charge in [-0.25, -0.2) is 4.98 Å². The topological polar surface area (TPSA) is 44.1 Å². The maximum absolute atomic E-state index is 12.4. The minimum absolute atomic E-state index is 0.0670. The summed E-state index contributed by atoms with van der Waals surface area (Å²) in [6.45, 7) is 5.46. The Morgan fingerprint density at radius 1 is 1.56 bits per heavy atom. The van der Waals surface area contributed by atoms with Gasteiger partial charge in [-0.2, -0.15) is 0 Å². The van der Waals surface area contributed by atoms with Gasteiger partial charge in [-0.05, 0) is 32.3 Å². The molecule has 1 aliphatic heterocycles. The molecule has 0 amide bonds. The summed E-state index contributed by atoms with van der Waals surface area (Å²) in [5.41, 5.74) is 1.13. The van der Waals surface area contributed by atoms with Crippen molar-refractivity contribution >= 4 is 21.6 Å². The van der Waals surface area contributed by atoms with E-state index in [-0.39, 0.29) is 11.7 Å². The molecule has 0 N–H and O–H groups in total. The van der Waals surface area contributed by atoms with Gasteiger partial charge in [0.25, 0.3) is 5.56 Å². The number of hydrogen-bond donors (Lipinski definition) is 0. The van der Waals surface area contributed by atoms with Gasteiger partial charge in [-0.15, -0.1) is 11.3 Å². The van der Waals surface area contributed by atoms with Crippen LogP contribution >= 0.6 is 11.3 Å². The molecule has 2 aromatic rings. The number of rotatable bonds is 2. The van der Waals surface area contributed by atoms with Gasteiger partial charge in [0.15, 0.2) is 0 Å². The fraction of sp³-hybridized carbons (Fsp3) is 0.538. The van der Waals surface area contributed by atoms with Gasteiger partial charge < -0.3 is 4.74 Å². The van der Waals surface area contributed by atoms with E-state index in [0.717, 1.165) is 35.2 Å². The summed E-state index contributed by atoms with van der Waals surface area (Å²) < 4.78 is 7.27. The number of nitrogens with zero attached hydrogens (tertiary/aromatic N) is 2. The quantitative estimate of drug-likeness (QED) is 0.835. The van der Waals surface area contributed by atoms with Crippen molar-refractivity contribution in [2.75, 3.05) is 6.61 Å². The molecule has 96 valence electrons. The molecule has 0 radical (unpaired) electrons. The zero-order chi connectivity index (χ0) is 12.7. The molecular weight excluding hydrogens is 248 g/mol. The van der Waals surface area contributed by atoms with Crippen LogP contribution in [0.1, 0.15) is 23.3 Å². The molecule has 3 heterocycles. The maximum atomic E-state index is 12.4. The van der Waals surface area contributed by atoms with Crippen LogP contribution in [0.3, 0.4) is 0 Å². The lowest BCUT2D eigenvalue weighted by molar-refractivity contribution is 0.0960. The molecular formula is C13H16N2O2S. The Kier molecular flexibility index (Phi) is 2.95. The van der Waals surface area contributed by atoms with E-state index in [0.29, 0.717) is 6.54 Å². The standard InChI is InChI=1S/C13H16N2O2S/c1-8-9(2)18-12-11(8)13(16)15(7-14-12)6-10-4-3-5-17-10/h7,10H,3-6H2,1-2H3/t10-/m0/s1. The molecule has 0 aromatic carbocycles. The van der Waals surface area contributed by atoms with Crippen molar-refractivity contribution < 1.29 is 4.74 Å². The molecule has 2 aromatic heterocycles. The Labute approximate surface area is 109 Å². The van der Waals surface area contributed by atoms with Crippen molar-refractivity contribution in [2.45, 2.75) is 39.3 Å². The molecule has 1 atom stereocenters. The minimum Gasteiger partial charge on any atom is -0.376 e. The second kappa shape index (κ2) is 4.48. The number of fused-ring (bicyclic) bond motifs is 1. The Balaban J connectivity index is 2.05. The van der Waals surface area contributed by atoms with Gasteiger partial charge in [0.1, 0.15) is 4.83 Å². The Morgan fingerprint density at radius 3 is 3.11 bits per heavy atom. The first-order valence-electron chi connectivity index (χ1n) is 6.23. The minimum atomic E-state index is 0.0670. The molecule has 0 aliphatic carbocycles. The van der Waals surface area contributed by atoms with Gasteiger partial charge in [0.05, 0.1) is 24.4 Å². The predicted molar refractivity (Wildman–Crippen MR) is 72.3 cm³/mol. The molecule has 0 saturated carbocycles. The lowest BCUT2D eigenvalue weighted by Gasteiger charge is -2.11. The van der Waals surface area contributed by atoms with Crippen molar-refractivity contribution in [2.24, 2.45) is 0 Å². The highest BCUT2D eigenvalue weighted by atomic mass is 32.1. The highest BCUT2D eigenvalue weighted by Crippen LogP contribution is 2.25. The monoisotopic (exact) mass is 264 g/mol. The maximum Gasteiger partial charge on any atom is 0.262 e. The lowest BCUT2D eigenvalue weighted by Crippen LogP contribution is -2.26. The third-order valence-electron chi connectivity index (χ3n) is 3.58. The van der Waals surface area contributed by atoms with E-state index in [1.165, 1.54) is 4.88 Å². The number of hydrogen-bond acceptors (Lipinski definition) is 4. The fourth-order valence-corrected chi connectivity index (χ4v) is 3.40. The summed E-state index contributed by atoms with van der Waals surface area (Å²) in [6, 6.07) is 0. The van der Waals surface area contributed by atoms with Crippen molar-refractivity contribution in [3.63, 3.8) is 0 Å². The molecule has 18 heavy (non-hydrogen) atoms. The SMILES string of the molecule is Cc1sc2ncn(C[C@@H]3CCCO3)c(=O)c2c1C. The van der Waals surface area contributed by atoms with E-state index in [1.807, 2.05) is 13.8 Å². The summed E-state index contributed by atoms with van der Waals surface area (Å²) in [5.74, 6) is 0. The van der Waals surface area contributed by atoms with Gasteiger partial charge in [0, 0.05) is 11.5 Å². The predicted octanol–water partition coefficient (Wildman–Crippen LogP) is 2.25. The third kappa shape index (κ3) is 1.87. The van der Waals surface area contributed by atoms with Crippen LogP contribution in [0.4, 0.5) is 0 Å². The average Bonchev–Trinajstić information content (AvgIpc) is 2.93. The molecule has 1 aliphatic rings. The highest BCUT2D eigenvalue weighted by Gasteiger charge is 2.18. The van der Waals surface area contributed by atoms with Gasteiger partial charge in [-0.1, -0.05) is 0 Å². The summed E-state index contributed by atoms with van der Waals surface area (Å²) in [5, 5.41) is 0.776. The lowest BCUT2D eigenvalue weighted by atomic mass is 10.2. The van der Waals surface area contributed by atoms with Crippen LogP contribution in [0.15, 0.2) is 11.1 Å². The van der Waals surface area contributed by atoms with Crippen molar-refractivity contribution in [3.8, 4) is 0 Å². The first-order chi connectivity index (χ1) is 8.66. The van der Waals surface area contributed by atoms with Crippen molar-refractivity contribution in [1.29, 1.82) is 0 Å². The van der Waals surface area contributed by atoms with E-state index < -0.39 is 0 Å². The first-order valence-corrected chi connectivity index (χ1v) is 7.05. The first kappa shape index (κ1) is 11.9. The average molecular weight is 264 g/mol. The van der Waals surface area contributed by atoms with E-state index in [1.54, 1.807) is 22.2 Å². The summed E-state index contributed by atoms with van der Waals surface area (Å²) >= 11 is 1.59. The van der Waals surface area contributed by atoms with Crippen LogP contribution in [0, 0.1) is 13.8 Å². The number of ether oxygens (including phenoxy) is 1. The summed E-state index contributed by atoms with van der Waals surface area (Å²) in [6.07, 6.45) is 3.95. The van der Waals surface area contributed by atoms with Crippen molar-refractivity contribution in [3.05, 3.63) is 27.1 Å². The fourth-order valence-electron chi connectivity index (χ4n) is 2.41. The highest BCUT2D eigenvalue weighted by molar-refractivity contribution is 7.18. The number of aryl methyl sites for hydroxylation is 2. The number of thiophene rings is 1. The zero-order valence-corrected chi connectivity index (χ0v) is 11.4. The number of aromatic nitrogens is 2. The van der Waals surface area contributed by atoms with Crippen LogP contribution in [-0.4, -0.2) is 22.3 Å². The van der Waals surface area contributed by atoms with Crippen molar-refractivity contribution in [1.82, 2.24) is 9.55 Å². The molecule has 3 rings (SSSR count). The molecule has 0 bridgehead atoms. The molecule has 1 saturated heterocycles. The second-order valence-electron chi connectivity index (χ2n) is 4.80. The normalized spacial score (nSPS) is 19.8. The molecule has 0 unspecified atom stereocenters. The molecule has 1 fully saturated rings. The van der Waals surface area contributed by atoms with E-state index >= 15 is 0 Å². The van der Waals surface area contributed by atoms with Crippen LogP contribution in [0.25, 0.3) is 10.2 Å². The van der Waals surface area contributed by atoms with Gasteiger partial charge in [-0.3, -0.25) is 9.36 Å². The Hall–Kier alpha value is -1.20.